The van der Waals surface area contributed by atoms with Crippen LogP contribution in [-0.2, 0) is 0 Å². The molecule has 0 radical (unpaired) electrons. The number of fused-ring (bicyclic) bond motifs is 1. The number of carbonyl (C=O) groups excluding carboxylic acids is 1. The number of hydrogen-bond donors (Lipinski definition) is 1. The molecule has 0 atom stereocenters. The van der Waals surface area contributed by atoms with E-state index in [4.69, 9.17) is 9.47 Å². The van der Waals surface area contributed by atoms with Crippen LogP contribution in [0.25, 0.3) is 10.6 Å². The number of hydrogen-bond acceptors (Lipinski definition) is 6. The summed E-state index contributed by atoms with van der Waals surface area (Å²) in [5, 5.41) is 5.89. The third-order valence-corrected chi connectivity index (χ3v) is 4.81. The monoisotopic (exact) mass is 367 g/mol. The van der Waals surface area contributed by atoms with Gasteiger partial charge in [-0.25, -0.2) is 4.98 Å². The number of halogens is 1. The highest BCUT2D eigenvalue weighted by Gasteiger charge is 2.21. The van der Waals surface area contributed by atoms with Gasteiger partial charge in [0.2, 0.25) is 0 Å². The van der Waals surface area contributed by atoms with Gasteiger partial charge in [0.15, 0.2) is 11.5 Å². The minimum absolute atomic E-state index is 0. The van der Waals surface area contributed by atoms with Gasteiger partial charge in [0.05, 0.1) is 0 Å². The van der Waals surface area contributed by atoms with Gasteiger partial charge in [-0.2, -0.15) is 0 Å². The van der Waals surface area contributed by atoms with Gasteiger partial charge in [0, 0.05) is 37.1 Å². The molecule has 1 fully saturated rings. The number of piperazine rings is 1. The number of carbonyl (C=O) groups is 1. The second-order valence-corrected chi connectivity index (χ2v) is 6.30. The van der Waals surface area contributed by atoms with Gasteiger partial charge in [0.25, 0.3) is 5.91 Å². The topological polar surface area (TPSA) is 63.7 Å². The van der Waals surface area contributed by atoms with E-state index in [0.29, 0.717) is 18.9 Å². The summed E-state index contributed by atoms with van der Waals surface area (Å²) in [6.45, 7) is 4.27. The maximum atomic E-state index is 12.5. The summed E-state index contributed by atoms with van der Waals surface area (Å²) in [6, 6.07) is 5.76. The molecule has 2 aliphatic heterocycles. The average Bonchev–Trinajstić information content (AvgIpc) is 3.11. The summed E-state index contributed by atoms with van der Waals surface area (Å²) in [5.74, 6) is 1.50. The highest BCUT2D eigenvalue weighted by Crippen LogP contribution is 2.35. The Hall–Kier alpha value is -1.83. The number of nitrogens with one attached hydrogen (secondary N) is 1. The van der Waals surface area contributed by atoms with Gasteiger partial charge < -0.3 is 19.7 Å². The van der Waals surface area contributed by atoms with Crippen molar-refractivity contribution in [2.75, 3.05) is 39.4 Å². The molecule has 1 aromatic carbocycles. The van der Waals surface area contributed by atoms with E-state index in [9.17, 15) is 4.79 Å². The summed E-state index contributed by atoms with van der Waals surface area (Å²) in [5.41, 5.74) is 1.46. The summed E-state index contributed by atoms with van der Waals surface area (Å²) >= 11 is 1.48. The van der Waals surface area contributed by atoms with Gasteiger partial charge in [-0.15, -0.1) is 23.7 Å². The number of amides is 1. The molecule has 0 aliphatic carbocycles. The Balaban J connectivity index is 0.00000169. The predicted molar refractivity (Wildman–Crippen MR) is 94.6 cm³/mol. The number of aromatic nitrogens is 1. The molecular formula is C16H18ClN3O3S. The van der Waals surface area contributed by atoms with Gasteiger partial charge in [-0.3, -0.25) is 4.79 Å². The van der Waals surface area contributed by atoms with E-state index in [1.165, 1.54) is 11.3 Å². The zero-order valence-electron chi connectivity index (χ0n) is 13.0. The van der Waals surface area contributed by atoms with E-state index in [1.807, 2.05) is 28.5 Å². The minimum atomic E-state index is 0. The number of ether oxygens (including phenoxy) is 2. The molecule has 2 aromatic rings. The van der Waals surface area contributed by atoms with Gasteiger partial charge in [0.1, 0.15) is 23.9 Å². The maximum absolute atomic E-state index is 12.5. The third-order valence-electron chi connectivity index (χ3n) is 3.92. The SMILES string of the molecule is Cl.O=C(c1csc(-c2ccc3c(c2)OCCO3)n1)N1CCNCC1. The standard InChI is InChI=1S/C16H17N3O3S.ClH/c20-16(19-5-3-17-4-6-19)12-10-23-15(18-12)11-1-2-13-14(9-11)22-8-7-21-13;/h1-2,9-10,17H,3-8H2;1H. The first-order valence-corrected chi connectivity index (χ1v) is 8.55. The smallest absolute Gasteiger partial charge is 0.273 e. The van der Waals surface area contributed by atoms with Crippen molar-refractivity contribution in [1.29, 1.82) is 0 Å². The average molecular weight is 368 g/mol. The Labute approximate surface area is 150 Å². The van der Waals surface area contributed by atoms with E-state index < -0.39 is 0 Å². The largest absolute Gasteiger partial charge is 0.486 e. The molecule has 1 aromatic heterocycles. The van der Waals surface area contributed by atoms with Crippen molar-refractivity contribution in [3.63, 3.8) is 0 Å². The third kappa shape index (κ3) is 3.33. The van der Waals surface area contributed by atoms with Gasteiger partial charge in [-0.05, 0) is 18.2 Å². The normalized spacial score (nSPS) is 16.4. The Kier molecular flexibility index (Phi) is 5.23. The summed E-state index contributed by atoms with van der Waals surface area (Å²) in [7, 11) is 0. The first-order valence-electron chi connectivity index (χ1n) is 7.67. The molecule has 3 heterocycles. The van der Waals surface area contributed by atoms with Crippen molar-refractivity contribution in [3.05, 3.63) is 29.3 Å². The molecule has 1 amide bonds. The highest BCUT2D eigenvalue weighted by molar-refractivity contribution is 7.13. The van der Waals surface area contributed by atoms with Crippen LogP contribution in [0.1, 0.15) is 10.5 Å². The zero-order valence-corrected chi connectivity index (χ0v) is 14.6. The van der Waals surface area contributed by atoms with Crippen molar-refractivity contribution < 1.29 is 14.3 Å². The maximum Gasteiger partial charge on any atom is 0.273 e. The molecule has 0 unspecified atom stereocenters. The quantitative estimate of drug-likeness (QED) is 0.880. The fourth-order valence-corrected chi connectivity index (χ4v) is 3.50. The fraction of sp³-hybridized carbons (Fsp3) is 0.375. The second kappa shape index (κ2) is 7.38. The van der Waals surface area contributed by atoms with Crippen LogP contribution in [0.2, 0.25) is 0 Å². The van der Waals surface area contributed by atoms with Crippen LogP contribution >= 0.6 is 23.7 Å². The fourth-order valence-electron chi connectivity index (χ4n) is 2.71. The van der Waals surface area contributed by atoms with Crippen molar-refractivity contribution in [2.45, 2.75) is 0 Å². The van der Waals surface area contributed by atoms with E-state index in [2.05, 4.69) is 10.3 Å². The Morgan fingerprint density at radius 3 is 2.71 bits per heavy atom. The summed E-state index contributed by atoms with van der Waals surface area (Å²) in [6.07, 6.45) is 0. The first kappa shape index (κ1) is 17.0. The Morgan fingerprint density at radius 1 is 1.17 bits per heavy atom. The molecule has 0 saturated carbocycles. The Bertz CT molecular complexity index is 731. The number of rotatable bonds is 2. The second-order valence-electron chi connectivity index (χ2n) is 5.44. The molecule has 0 bridgehead atoms. The molecule has 4 rings (SSSR count). The molecule has 128 valence electrons. The van der Waals surface area contributed by atoms with Crippen LogP contribution in [0.15, 0.2) is 23.6 Å². The lowest BCUT2D eigenvalue weighted by Gasteiger charge is -2.26. The molecule has 1 N–H and O–H groups in total. The lowest BCUT2D eigenvalue weighted by Crippen LogP contribution is -2.46. The van der Waals surface area contributed by atoms with E-state index in [0.717, 1.165) is 48.2 Å². The first-order chi connectivity index (χ1) is 11.3. The summed E-state index contributed by atoms with van der Waals surface area (Å²) < 4.78 is 11.1. The van der Waals surface area contributed by atoms with Crippen LogP contribution in [0.4, 0.5) is 0 Å². The molecule has 0 spiro atoms. The van der Waals surface area contributed by atoms with Crippen molar-refractivity contribution in [1.82, 2.24) is 15.2 Å². The lowest BCUT2D eigenvalue weighted by atomic mass is 10.2. The zero-order chi connectivity index (χ0) is 15.6. The number of nitrogens with zero attached hydrogens (tertiary/aromatic N) is 2. The lowest BCUT2D eigenvalue weighted by molar-refractivity contribution is 0.0731. The van der Waals surface area contributed by atoms with Crippen LogP contribution in [0, 0.1) is 0 Å². The van der Waals surface area contributed by atoms with Gasteiger partial charge in [-0.1, -0.05) is 0 Å². The Morgan fingerprint density at radius 2 is 1.92 bits per heavy atom. The number of benzene rings is 1. The molecule has 6 nitrogen and oxygen atoms in total. The summed E-state index contributed by atoms with van der Waals surface area (Å²) in [4.78, 5) is 18.8. The van der Waals surface area contributed by atoms with Crippen molar-refractivity contribution in [2.24, 2.45) is 0 Å². The van der Waals surface area contributed by atoms with E-state index in [1.54, 1.807) is 0 Å². The van der Waals surface area contributed by atoms with Crippen LogP contribution in [-0.4, -0.2) is 55.2 Å². The van der Waals surface area contributed by atoms with Crippen molar-refractivity contribution in [3.8, 4) is 22.1 Å². The van der Waals surface area contributed by atoms with Crippen LogP contribution < -0.4 is 14.8 Å². The molecule has 8 heteroatoms. The van der Waals surface area contributed by atoms with Crippen LogP contribution in [0.5, 0.6) is 11.5 Å². The molecule has 24 heavy (non-hydrogen) atoms. The van der Waals surface area contributed by atoms with Gasteiger partial charge >= 0.3 is 0 Å². The molecular weight excluding hydrogens is 350 g/mol. The van der Waals surface area contributed by atoms with Crippen LogP contribution in [0.3, 0.4) is 0 Å². The number of thiazole rings is 1. The highest BCUT2D eigenvalue weighted by atomic mass is 35.5. The molecule has 2 aliphatic rings. The van der Waals surface area contributed by atoms with E-state index in [-0.39, 0.29) is 18.3 Å². The predicted octanol–water partition coefficient (Wildman–Crippen LogP) is 2.05. The minimum Gasteiger partial charge on any atom is -0.486 e. The van der Waals surface area contributed by atoms with Crippen molar-refractivity contribution >= 4 is 29.7 Å². The molecule has 1 saturated heterocycles. The van der Waals surface area contributed by atoms with E-state index >= 15 is 0 Å².